The molecule has 1 fully saturated rings. The summed E-state index contributed by atoms with van der Waals surface area (Å²) in [5, 5.41) is 0. The minimum atomic E-state index is -0.205. The molecule has 2 unspecified atom stereocenters. The van der Waals surface area contributed by atoms with Gasteiger partial charge in [-0.15, -0.1) is 0 Å². The summed E-state index contributed by atoms with van der Waals surface area (Å²) >= 11 is 0. The van der Waals surface area contributed by atoms with Crippen molar-refractivity contribution in [3.63, 3.8) is 0 Å². The number of hydrogen-bond acceptors (Lipinski definition) is 2. The van der Waals surface area contributed by atoms with Gasteiger partial charge in [-0.05, 0) is 24.6 Å². The average molecular weight is 235 g/mol. The zero-order valence-electron chi connectivity index (χ0n) is 10.3. The highest BCUT2D eigenvalue weighted by atomic mass is 19.1. The maximum Gasteiger partial charge on any atom is 0.138 e. The van der Waals surface area contributed by atoms with Gasteiger partial charge in [0.25, 0.3) is 0 Å². The van der Waals surface area contributed by atoms with Crippen molar-refractivity contribution in [2.45, 2.75) is 32.9 Å². The Hall–Kier alpha value is -1.22. The molecule has 1 aromatic rings. The molecule has 17 heavy (non-hydrogen) atoms. The zero-order chi connectivity index (χ0) is 12.4. The molecule has 0 aromatic heterocycles. The first-order chi connectivity index (χ1) is 8.08. The van der Waals surface area contributed by atoms with Crippen LogP contribution in [0.15, 0.2) is 24.3 Å². The number of carbonyl (C=O) groups is 1. The second-order valence-electron chi connectivity index (χ2n) is 4.84. The van der Waals surface area contributed by atoms with Crippen LogP contribution in [-0.2, 0) is 11.3 Å². The van der Waals surface area contributed by atoms with Gasteiger partial charge in [-0.3, -0.25) is 9.69 Å². The summed E-state index contributed by atoms with van der Waals surface area (Å²) < 4.78 is 12.8. The fraction of sp³-hybridized carbons (Fsp3) is 0.500. The summed E-state index contributed by atoms with van der Waals surface area (Å²) in [5.41, 5.74) is 1.10. The molecule has 1 heterocycles. The summed E-state index contributed by atoms with van der Waals surface area (Å²) in [4.78, 5) is 13.9. The Labute approximate surface area is 101 Å². The summed E-state index contributed by atoms with van der Waals surface area (Å²) in [5.74, 6) is 0.251. The van der Waals surface area contributed by atoms with E-state index in [4.69, 9.17) is 0 Å². The summed E-state index contributed by atoms with van der Waals surface area (Å²) in [7, 11) is 0. The SMILES string of the molecule is CC1C(=O)CCN(Cc2ccc(F)cc2)C1C. The second kappa shape index (κ2) is 4.96. The molecule has 0 N–H and O–H groups in total. The van der Waals surface area contributed by atoms with Crippen molar-refractivity contribution in [2.75, 3.05) is 6.54 Å². The molecule has 1 aromatic carbocycles. The maximum absolute atomic E-state index is 12.8. The molecule has 1 aliphatic heterocycles. The van der Waals surface area contributed by atoms with Gasteiger partial charge in [-0.1, -0.05) is 19.1 Å². The van der Waals surface area contributed by atoms with Crippen LogP contribution in [0.25, 0.3) is 0 Å². The number of nitrogens with zero attached hydrogens (tertiary/aromatic N) is 1. The van der Waals surface area contributed by atoms with Crippen molar-refractivity contribution in [3.05, 3.63) is 35.6 Å². The van der Waals surface area contributed by atoms with E-state index in [-0.39, 0.29) is 17.8 Å². The molecule has 1 saturated heterocycles. The van der Waals surface area contributed by atoms with Crippen molar-refractivity contribution in [3.8, 4) is 0 Å². The quantitative estimate of drug-likeness (QED) is 0.785. The molecule has 0 saturated carbocycles. The lowest BCUT2D eigenvalue weighted by Crippen LogP contribution is -2.46. The normalized spacial score (nSPS) is 26.2. The van der Waals surface area contributed by atoms with E-state index in [0.29, 0.717) is 12.2 Å². The predicted octanol–water partition coefficient (Wildman–Crippen LogP) is 2.63. The molecule has 92 valence electrons. The van der Waals surface area contributed by atoms with E-state index in [1.54, 1.807) is 0 Å². The van der Waals surface area contributed by atoms with E-state index in [1.165, 1.54) is 12.1 Å². The summed E-state index contributed by atoms with van der Waals surface area (Å²) in [6, 6.07) is 6.85. The van der Waals surface area contributed by atoms with Crippen LogP contribution in [-0.4, -0.2) is 23.3 Å². The summed E-state index contributed by atoms with van der Waals surface area (Å²) in [6.45, 7) is 5.68. The fourth-order valence-electron chi connectivity index (χ4n) is 2.32. The molecular weight excluding hydrogens is 217 g/mol. The molecule has 0 aliphatic carbocycles. The zero-order valence-corrected chi connectivity index (χ0v) is 10.3. The molecule has 0 bridgehead atoms. The molecule has 2 atom stereocenters. The number of likely N-dealkylation sites (tertiary alicyclic amines) is 1. The molecule has 0 amide bonds. The highest BCUT2D eigenvalue weighted by Gasteiger charge is 2.30. The van der Waals surface area contributed by atoms with Crippen LogP contribution in [0, 0.1) is 11.7 Å². The van der Waals surface area contributed by atoms with Crippen LogP contribution >= 0.6 is 0 Å². The van der Waals surface area contributed by atoms with Gasteiger partial charge in [0.05, 0.1) is 0 Å². The van der Waals surface area contributed by atoms with Crippen LogP contribution < -0.4 is 0 Å². The number of benzene rings is 1. The Bertz CT molecular complexity index is 401. The first-order valence-electron chi connectivity index (χ1n) is 6.09. The summed E-state index contributed by atoms with van der Waals surface area (Å²) in [6.07, 6.45) is 0.632. The van der Waals surface area contributed by atoms with Crippen LogP contribution in [0.3, 0.4) is 0 Å². The van der Waals surface area contributed by atoms with Gasteiger partial charge in [-0.25, -0.2) is 4.39 Å². The molecular formula is C14H18FNO. The van der Waals surface area contributed by atoms with Crippen LogP contribution in [0.1, 0.15) is 25.8 Å². The maximum atomic E-state index is 12.8. The lowest BCUT2D eigenvalue weighted by atomic mass is 9.90. The molecule has 1 aliphatic rings. The molecule has 2 rings (SSSR count). The fourth-order valence-corrected chi connectivity index (χ4v) is 2.32. The predicted molar refractivity (Wildman–Crippen MR) is 65.1 cm³/mol. The first-order valence-corrected chi connectivity index (χ1v) is 6.09. The number of piperidine rings is 1. The van der Waals surface area contributed by atoms with Gasteiger partial charge in [0.1, 0.15) is 11.6 Å². The minimum absolute atomic E-state index is 0.101. The minimum Gasteiger partial charge on any atom is -0.299 e. The van der Waals surface area contributed by atoms with Crippen LogP contribution in [0.4, 0.5) is 4.39 Å². The number of halogens is 1. The van der Waals surface area contributed by atoms with Crippen molar-refractivity contribution in [1.29, 1.82) is 0 Å². The average Bonchev–Trinajstić information content (AvgIpc) is 2.33. The van der Waals surface area contributed by atoms with Gasteiger partial charge in [0, 0.05) is 31.5 Å². The number of ketones is 1. The van der Waals surface area contributed by atoms with Crippen LogP contribution in [0.2, 0.25) is 0 Å². The molecule has 0 spiro atoms. The Balaban J connectivity index is 2.04. The largest absolute Gasteiger partial charge is 0.299 e. The highest BCUT2D eigenvalue weighted by Crippen LogP contribution is 2.22. The van der Waals surface area contributed by atoms with Gasteiger partial charge in [-0.2, -0.15) is 0 Å². The van der Waals surface area contributed by atoms with Crippen LogP contribution in [0.5, 0.6) is 0 Å². The number of rotatable bonds is 2. The van der Waals surface area contributed by atoms with Gasteiger partial charge < -0.3 is 0 Å². The van der Waals surface area contributed by atoms with E-state index >= 15 is 0 Å². The van der Waals surface area contributed by atoms with Crippen molar-refractivity contribution >= 4 is 5.78 Å². The van der Waals surface area contributed by atoms with Gasteiger partial charge in [0.2, 0.25) is 0 Å². The Morgan fingerprint density at radius 3 is 2.59 bits per heavy atom. The van der Waals surface area contributed by atoms with Crippen molar-refractivity contribution in [1.82, 2.24) is 4.90 Å². The Morgan fingerprint density at radius 1 is 1.29 bits per heavy atom. The number of hydrogen-bond donors (Lipinski definition) is 0. The standard InChI is InChI=1S/C14H18FNO/c1-10-11(2)16(8-7-14(10)17)9-12-3-5-13(15)6-4-12/h3-6,10-11H,7-9H2,1-2H3. The molecule has 2 nitrogen and oxygen atoms in total. The van der Waals surface area contributed by atoms with E-state index in [9.17, 15) is 9.18 Å². The molecule has 0 radical (unpaired) electrons. The highest BCUT2D eigenvalue weighted by molar-refractivity contribution is 5.82. The van der Waals surface area contributed by atoms with Gasteiger partial charge in [0.15, 0.2) is 0 Å². The Morgan fingerprint density at radius 2 is 1.94 bits per heavy atom. The van der Waals surface area contributed by atoms with E-state index in [1.807, 2.05) is 19.1 Å². The lowest BCUT2D eigenvalue weighted by molar-refractivity contribution is -0.128. The third-order valence-electron chi connectivity index (χ3n) is 3.75. The van der Waals surface area contributed by atoms with Gasteiger partial charge >= 0.3 is 0 Å². The second-order valence-corrected chi connectivity index (χ2v) is 4.84. The smallest absolute Gasteiger partial charge is 0.138 e. The Kier molecular flexibility index (Phi) is 3.57. The number of Topliss-reactive ketones (excluding diaryl/α,β-unsaturated/α-hetero) is 1. The monoisotopic (exact) mass is 235 g/mol. The lowest BCUT2D eigenvalue weighted by Gasteiger charge is -2.36. The number of carbonyl (C=O) groups excluding carboxylic acids is 1. The topological polar surface area (TPSA) is 20.3 Å². The third kappa shape index (κ3) is 2.72. The van der Waals surface area contributed by atoms with Crippen molar-refractivity contribution in [2.24, 2.45) is 5.92 Å². The first kappa shape index (κ1) is 12.2. The molecule has 3 heteroatoms. The van der Waals surface area contributed by atoms with E-state index < -0.39 is 0 Å². The van der Waals surface area contributed by atoms with E-state index in [0.717, 1.165) is 18.7 Å². The third-order valence-corrected chi connectivity index (χ3v) is 3.75. The van der Waals surface area contributed by atoms with Crippen molar-refractivity contribution < 1.29 is 9.18 Å². The van der Waals surface area contributed by atoms with E-state index in [2.05, 4.69) is 11.8 Å².